The molecule has 1 saturated heterocycles. The molecule has 3 N–H and O–H groups in total. The highest BCUT2D eigenvalue weighted by Gasteiger charge is 2.25. The van der Waals surface area contributed by atoms with Crippen molar-refractivity contribution in [1.82, 2.24) is 21.1 Å². The van der Waals surface area contributed by atoms with E-state index in [1.54, 1.807) is 12.1 Å². The number of rotatable bonds is 9. The van der Waals surface area contributed by atoms with Gasteiger partial charge < -0.3 is 10.2 Å². The molecule has 1 heterocycles. The zero-order valence-electron chi connectivity index (χ0n) is 15.3. The molecule has 1 aliphatic heterocycles. The molecule has 2 aliphatic rings. The molecule has 1 aliphatic carbocycles. The highest BCUT2D eigenvalue weighted by atomic mass is 35.5. The van der Waals surface area contributed by atoms with Crippen molar-refractivity contribution in [2.45, 2.75) is 44.2 Å². The SMILES string of the molecule is CN(CCCC1CC(c2cccc(F)c2)NN1)C(=O)CNCC1CC1.Cl. The number of hydrogen-bond donors (Lipinski definition) is 3. The normalized spacial score (nSPS) is 22.1. The lowest BCUT2D eigenvalue weighted by atomic mass is 9.99. The lowest BCUT2D eigenvalue weighted by Crippen LogP contribution is -2.37. The van der Waals surface area contributed by atoms with Crippen LogP contribution in [0.15, 0.2) is 24.3 Å². The van der Waals surface area contributed by atoms with E-state index in [0.717, 1.165) is 43.8 Å². The van der Waals surface area contributed by atoms with E-state index in [1.807, 2.05) is 18.0 Å². The molecule has 0 bridgehead atoms. The summed E-state index contributed by atoms with van der Waals surface area (Å²) in [6, 6.07) is 7.25. The topological polar surface area (TPSA) is 56.4 Å². The molecule has 1 saturated carbocycles. The molecule has 26 heavy (non-hydrogen) atoms. The van der Waals surface area contributed by atoms with Crippen molar-refractivity contribution in [2.75, 3.05) is 26.7 Å². The second-order valence-electron chi connectivity index (χ2n) is 7.36. The Labute approximate surface area is 161 Å². The number of carbonyl (C=O) groups excluding carboxylic acids is 1. The fraction of sp³-hybridized carbons (Fsp3) is 0.632. The minimum Gasteiger partial charge on any atom is -0.345 e. The Morgan fingerprint density at radius 2 is 2.15 bits per heavy atom. The van der Waals surface area contributed by atoms with E-state index < -0.39 is 0 Å². The van der Waals surface area contributed by atoms with Gasteiger partial charge in [-0.25, -0.2) is 4.39 Å². The van der Waals surface area contributed by atoms with Gasteiger partial charge >= 0.3 is 0 Å². The van der Waals surface area contributed by atoms with Crippen LogP contribution in [0.2, 0.25) is 0 Å². The highest BCUT2D eigenvalue weighted by molar-refractivity contribution is 5.85. The molecule has 1 aromatic carbocycles. The van der Waals surface area contributed by atoms with Crippen LogP contribution >= 0.6 is 12.4 Å². The molecule has 2 fully saturated rings. The minimum atomic E-state index is -0.196. The van der Waals surface area contributed by atoms with Gasteiger partial charge in [0, 0.05) is 25.7 Å². The Kier molecular flexibility index (Phi) is 8.28. The van der Waals surface area contributed by atoms with Gasteiger partial charge in [-0.05, 0) is 62.3 Å². The summed E-state index contributed by atoms with van der Waals surface area (Å²) in [5, 5.41) is 3.24. The van der Waals surface area contributed by atoms with E-state index in [-0.39, 0.29) is 30.2 Å². The van der Waals surface area contributed by atoms with Gasteiger partial charge in [0.2, 0.25) is 5.91 Å². The first-order valence-corrected chi connectivity index (χ1v) is 9.33. The molecular weight excluding hydrogens is 355 g/mol. The number of benzene rings is 1. The van der Waals surface area contributed by atoms with Gasteiger partial charge in [0.25, 0.3) is 0 Å². The number of halogens is 2. The third-order valence-corrected chi connectivity index (χ3v) is 5.11. The van der Waals surface area contributed by atoms with Crippen molar-refractivity contribution < 1.29 is 9.18 Å². The summed E-state index contributed by atoms with van der Waals surface area (Å²) < 4.78 is 13.3. The van der Waals surface area contributed by atoms with Crippen LogP contribution in [0.25, 0.3) is 0 Å². The summed E-state index contributed by atoms with van der Waals surface area (Å²) in [5.41, 5.74) is 7.52. The number of hydrazine groups is 1. The Balaban J connectivity index is 0.00000243. The summed E-state index contributed by atoms with van der Waals surface area (Å²) in [6.45, 7) is 2.18. The minimum absolute atomic E-state index is 0. The number of carbonyl (C=O) groups is 1. The average Bonchev–Trinajstić information content (AvgIpc) is 3.30. The maximum Gasteiger partial charge on any atom is 0.236 e. The summed E-state index contributed by atoms with van der Waals surface area (Å²) >= 11 is 0. The Morgan fingerprint density at radius 3 is 2.88 bits per heavy atom. The van der Waals surface area contributed by atoms with Crippen LogP contribution in [-0.4, -0.2) is 43.5 Å². The average molecular weight is 385 g/mol. The molecule has 5 nitrogen and oxygen atoms in total. The van der Waals surface area contributed by atoms with E-state index in [0.29, 0.717) is 12.6 Å². The first-order chi connectivity index (χ1) is 12.1. The van der Waals surface area contributed by atoms with Crippen LogP contribution in [0.3, 0.4) is 0 Å². The first-order valence-electron chi connectivity index (χ1n) is 9.33. The molecule has 7 heteroatoms. The van der Waals surface area contributed by atoms with Crippen molar-refractivity contribution in [3.05, 3.63) is 35.6 Å². The van der Waals surface area contributed by atoms with Crippen LogP contribution in [0, 0.1) is 11.7 Å². The van der Waals surface area contributed by atoms with Gasteiger partial charge in [-0.15, -0.1) is 12.4 Å². The third-order valence-electron chi connectivity index (χ3n) is 5.11. The van der Waals surface area contributed by atoms with Crippen LogP contribution in [0.1, 0.15) is 43.7 Å². The predicted molar refractivity (Wildman–Crippen MR) is 104 cm³/mol. The van der Waals surface area contributed by atoms with Crippen molar-refractivity contribution in [3.8, 4) is 0 Å². The number of likely N-dealkylation sites (N-methyl/N-ethyl adjacent to an activating group) is 1. The number of nitrogens with one attached hydrogen (secondary N) is 3. The van der Waals surface area contributed by atoms with Gasteiger partial charge in [0.05, 0.1) is 6.54 Å². The van der Waals surface area contributed by atoms with Gasteiger partial charge in [-0.3, -0.25) is 15.6 Å². The Bertz CT molecular complexity index is 584. The summed E-state index contributed by atoms with van der Waals surface area (Å²) in [6.07, 6.45) is 5.49. The van der Waals surface area contributed by atoms with Gasteiger partial charge in [-0.1, -0.05) is 12.1 Å². The monoisotopic (exact) mass is 384 g/mol. The Hall–Kier alpha value is -1.21. The van der Waals surface area contributed by atoms with Crippen molar-refractivity contribution in [1.29, 1.82) is 0 Å². The molecule has 0 aromatic heterocycles. The van der Waals surface area contributed by atoms with Crippen molar-refractivity contribution >= 4 is 18.3 Å². The summed E-state index contributed by atoms with van der Waals surface area (Å²) in [4.78, 5) is 13.9. The standard InChI is InChI=1S/C19H29FN4O.ClH/c1-24(19(25)13-21-12-14-7-8-14)9-3-6-17-11-18(23-22-17)15-4-2-5-16(20)10-15;/h2,4-5,10,14,17-18,21-23H,3,6-9,11-13H2,1H3;1H. The molecule has 1 aromatic rings. The van der Waals surface area contributed by atoms with E-state index >= 15 is 0 Å². The molecule has 1 amide bonds. The zero-order chi connectivity index (χ0) is 17.6. The fourth-order valence-electron chi connectivity index (χ4n) is 3.29. The maximum absolute atomic E-state index is 13.3. The Morgan fingerprint density at radius 1 is 1.35 bits per heavy atom. The molecule has 2 atom stereocenters. The molecule has 2 unspecified atom stereocenters. The summed E-state index contributed by atoms with van der Waals surface area (Å²) in [5.74, 6) is 0.763. The number of hydrogen-bond acceptors (Lipinski definition) is 4. The van der Waals surface area contributed by atoms with E-state index in [4.69, 9.17) is 0 Å². The van der Waals surface area contributed by atoms with Crippen LogP contribution < -0.4 is 16.2 Å². The van der Waals surface area contributed by atoms with E-state index in [1.165, 1.54) is 18.9 Å². The predicted octanol–water partition coefficient (Wildman–Crippen LogP) is 2.39. The molecular formula is C19H30ClFN4O. The molecule has 0 spiro atoms. The largest absolute Gasteiger partial charge is 0.345 e. The van der Waals surface area contributed by atoms with Gasteiger partial charge in [0.15, 0.2) is 0 Å². The van der Waals surface area contributed by atoms with E-state index in [2.05, 4.69) is 16.2 Å². The first kappa shape index (κ1) is 21.1. The fourth-order valence-corrected chi connectivity index (χ4v) is 3.29. The van der Waals surface area contributed by atoms with Gasteiger partial charge in [-0.2, -0.15) is 0 Å². The van der Waals surface area contributed by atoms with E-state index in [9.17, 15) is 9.18 Å². The highest BCUT2D eigenvalue weighted by Crippen LogP contribution is 2.27. The quantitative estimate of drug-likeness (QED) is 0.612. The van der Waals surface area contributed by atoms with Crippen LogP contribution in [0.4, 0.5) is 4.39 Å². The van der Waals surface area contributed by atoms with Crippen molar-refractivity contribution in [2.24, 2.45) is 5.92 Å². The number of nitrogens with zero attached hydrogens (tertiary/aromatic N) is 1. The lowest BCUT2D eigenvalue weighted by molar-refractivity contribution is -0.129. The molecule has 146 valence electrons. The lowest BCUT2D eigenvalue weighted by Gasteiger charge is -2.18. The van der Waals surface area contributed by atoms with Gasteiger partial charge in [0.1, 0.15) is 5.82 Å². The van der Waals surface area contributed by atoms with Crippen LogP contribution in [-0.2, 0) is 4.79 Å². The summed E-state index contributed by atoms with van der Waals surface area (Å²) in [7, 11) is 1.87. The maximum atomic E-state index is 13.3. The smallest absolute Gasteiger partial charge is 0.236 e. The number of amides is 1. The third kappa shape index (κ3) is 6.50. The zero-order valence-corrected chi connectivity index (χ0v) is 16.2. The second-order valence-corrected chi connectivity index (χ2v) is 7.36. The van der Waals surface area contributed by atoms with Crippen LogP contribution in [0.5, 0.6) is 0 Å². The molecule has 0 radical (unpaired) electrons. The second kappa shape index (κ2) is 10.2. The van der Waals surface area contributed by atoms with Crippen molar-refractivity contribution in [3.63, 3.8) is 0 Å². The molecule has 3 rings (SSSR count).